The summed E-state index contributed by atoms with van der Waals surface area (Å²) in [6.07, 6.45) is 0. The Morgan fingerprint density at radius 3 is 2.21 bits per heavy atom. The average molecular weight is 536 g/mol. The molecule has 0 spiro atoms. The first kappa shape index (κ1) is 26.7. The maximum atomic E-state index is 12.8. The zero-order chi connectivity index (χ0) is 27.4. The van der Waals surface area contributed by atoms with Crippen LogP contribution < -0.4 is 20.1 Å². The maximum absolute atomic E-state index is 12.8. The number of nitrogens with one attached hydrogen (secondary N) is 2. The quantitative estimate of drug-likeness (QED) is 0.379. The van der Waals surface area contributed by atoms with Crippen LogP contribution in [0.1, 0.15) is 25.3 Å². The Morgan fingerprint density at radius 1 is 0.921 bits per heavy atom. The van der Waals surface area contributed by atoms with Crippen molar-refractivity contribution in [1.29, 1.82) is 0 Å². The van der Waals surface area contributed by atoms with Gasteiger partial charge in [0.1, 0.15) is 11.5 Å². The van der Waals surface area contributed by atoms with Crippen LogP contribution in [-0.2, 0) is 19.1 Å². The Labute approximate surface area is 225 Å². The Bertz CT molecular complexity index is 1400. The summed E-state index contributed by atoms with van der Waals surface area (Å²) in [4.78, 5) is 30.3. The van der Waals surface area contributed by atoms with E-state index in [-0.39, 0.29) is 0 Å². The Balaban J connectivity index is 1.70. The van der Waals surface area contributed by atoms with Crippen LogP contribution in [0, 0.1) is 0 Å². The number of anilines is 2. The normalized spacial score (nSPS) is 13.6. The molecule has 38 heavy (non-hydrogen) atoms. The van der Waals surface area contributed by atoms with Crippen molar-refractivity contribution in [2.24, 2.45) is 0 Å². The average Bonchev–Trinajstić information content (AvgIpc) is 3.39. The van der Waals surface area contributed by atoms with Crippen LogP contribution in [0.25, 0.3) is 11.3 Å². The van der Waals surface area contributed by atoms with Crippen molar-refractivity contribution >= 4 is 34.1 Å². The molecular formula is C28H29N3O6S. The Morgan fingerprint density at radius 2 is 1.61 bits per heavy atom. The van der Waals surface area contributed by atoms with Gasteiger partial charge in [-0.3, -0.25) is 0 Å². The van der Waals surface area contributed by atoms with Crippen LogP contribution in [0.4, 0.5) is 10.8 Å². The van der Waals surface area contributed by atoms with E-state index >= 15 is 0 Å². The largest absolute Gasteiger partial charge is 0.497 e. The second-order valence-electron chi connectivity index (χ2n) is 8.47. The highest BCUT2D eigenvalue weighted by Gasteiger charge is 2.37. The zero-order valence-corrected chi connectivity index (χ0v) is 22.8. The molecule has 2 N–H and O–H groups in total. The van der Waals surface area contributed by atoms with Crippen molar-refractivity contribution < 1.29 is 28.5 Å². The van der Waals surface area contributed by atoms with Crippen molar-refractivity contribution in [2.45, 2.75) is 19.8 Å². The first-order chi connectivity index (χ1) is 18.3. The fourth-order valence-corrected chi connectivity index (χ4v) is 5.21. The fourth-order valence-electron chi connectivity index (χ4n) is 4.48. The van der Waals surface area contributed by atoms with E-state index in [0.29, 0.717) is 39.2 Å². The van der Waals surface area contributed by atoms with Crippen molar-refractivity contribution in [2.75, 3.05) is 33.8 Å². The molecule has 0 radical (unpaired) electrons. The molecule has 0 bridgehead atoms. The van der Waals surface area contributed by atoms with Crippen LogP contribution in [0.2, 0.25) is 0 Å². The van der Waals surface area contributed by atoms with E-state index in [9.17, 15) is 9.59 Å². The smallest absolute Gasteiger partial charge is 0.336 e. The lowest BCUT2D eigenvalue weighted by atomic mass is 9.80. The van der Waals surface area contributed by atoms with Gasteiger partial charge in [-0.1, -0.05) is 12.1 Å². The van der Waals surface area contributed by atoms with Gasteiger partial charge in [-0.15, -0.1) is 11.3 Å². The van der Waals surface area contributed by atoms with Crippen molar-refractivity contribution in [1.82, 2.24) is 10.3 Å². The molecule has 0 amide bonds. The summed E-state index contributed by atoms with van der Waals surface area (Å²) in [5.74, 6) is -0.336. The minimum atomic E-state index is -0.675. The number of ether oxygens (including phenoxy) is 4. The number of aromatic nitrogens is 1. The molecule has 2 aromatic carbocycles. The van der Waals surface area contributed by atoms with Crippen LogP contribution >= 0.6 is 11.3 Å². The molecule has 0 saturated carbocycles. The molecule has 4 rings (SSSR count). The van der Waals surface area contributed by atoms with E-state index in [1.807, 2.05) is 47.8 Å². The van der Waals surface area contributed by atoms with Crippen LogP contribution in [0.15, 0.2) is 70.4 Å². The van der Waals surface area contributed by atoms with Gasteiger partial charge in [-0.05, 0) is 49.7 Å². The molecule has 1 aliphatic rings. The fraction of sp³-hybridized carbons (Fsp3) is 0.250. The van der Waals surface area contributed by atoms with Gasteiger partial charge in [0.25, 0.3) is 0 Å². The molecule has 0 atom stereocenters. The van der Waals surface area contributed by atoms with Crippen LogP contribution in [-0.4, -0.2) is 45.4 Å². The third-order valence-electron chi connectivity index (χ3n) is 6.23. The lowest BCUT2D eigenvalue weighted by Gasteiger charge is -2.30. The number of benzene rings is 2. The summed E-state index contributed by atoms with van der Waals surface area (Å²) < 4.78 is 21.0. The second-order valence-corrected chi connectivity index (χ2v) is 9.33. The first-order valence-corrected chi connectivity index (χ1v) is 12.6. The summed E-state index contributed by atoms with van der Waals surface area (Å²) in [6, 6.07) is 13.0. The third-order valence-corrected chi connectivity index (χ3v) is 6.99. The number of nitrogens with zero attached hydrogens (tertiary/aromatic N) is 1. The summed E-state index contributed by atoms with van der Waals surface area (Å²) in [7, 11) is 5.86. The van der Waals surface area contributed by atoms with Gasteiger partial charge in [0, 0.05) is 28.0 Å². The molecule has 0 aliphatic carbocycles. The van der Waals surface area contributed by atoms with E-state index in [1.54, 1.807) is 28.1 Å². The van der Waals surface area contributed by atoms with Crippen molar-refractivity contribution in [3.05, 3.63) is 75.9 Å². The van der Waals surface area contributed by atoms with Gasteiger partial charge in [0.2, 0.25) is 0 Å². The third kappa shape index (κ3) is 5.21. The number of dihydropyridines is 1. The molecule has 9 nitrogen and oxygen atoms in total. The SMILES string of the molecule is COC(=O)C1=C(C)NC(C)=C(C(=O)OC)C1c1cccc(Nc2nc(-c3cc(OC)ccc3OC)cs2)c1. The minimum Gasteiger partial charge on any atom is -0.497 e. The first-order valence-electron chi connectivity index (χ1n) is 11.7. The number of hydrogen-bond acceptors (Lipinski definition) is 10. The van der Waals surface area contributed by atoms with Crippen LogP contribution in [0.5, 0.6) is 11.5 Å². The monoisotopic (exact) mass is 535 g/mol. The number of carbonyl (C=O) groups excluding carboxylic acids is 2. The molecule has 2 heterocycles. The minimum absolute atomic E-state index is 0.345. The molecule has 0 fully saturated rings. The van der Waals surface area contributed by atoms with E-state index in [4.69, 9.17) is 23.9 Å². The Hall–Kier alpha value is -4.31. The van der Waals surface area contributed by atoms with Crippen molar-refractivity contribution in [3.8, 4) is 22.8 Å². The molecule has 1 aliphatic heterocycles. The topological polar surface area (TPSA) is 108 Å². The van der Waals surface area contributed by atoms with E-state index < -0.39 is 17.9 Å². The lowest BCUT2D eigenvalue weighted by Crippen LogP contribution is -2.32. The summed E-state index contributed by atoms with van der Waals surface area (Å²) in [5.41, 5.74) is 4.93. The van der Waals surface area contributed by atoms with Gasteiger partial charge < -0.3 is 29.6 Å². The number of thiazole rings is 1. The molecular weight excluding hydrogens is 506 g/mol. The predicted octanol–water partition coefficient (Wildman–Crippen LogP) is 5.15. The number of carbonyl (C=O) groups is 2. The highest BCUT2D eigenvalue weighted by molar-refractivity contribution is 7.14. The van der Waals surface area contributed by atoms with Gasteiger partial charge in [-0.25, -0.2) is 14.6 Å². The van der Waals surface area contributed by atoms with Crippen molar-refractivity contribution in [3.63, 3.8) is 0 Å². The van der Waals surface area contributed by atoms with Crippen LogP contribution in [0.3, 0.4) is 0 Å². The lowest BCUT2D eigenvalue weighted by molar-refractivity contribution is -0.137. The predicted molar refractivity (Wildman–Crippen MR) is 146 cm³/mol. The summed E-state index contributed by atoms with van der Waals surface area (Å²) >= 11 is 1.44. The van der Waals surface area contributed by atoms with Gasteiger partial charge in [0.15, 0.2) is 5.13 Å². The number of esters is 2. The maximum Gasteiger partial charge on any atom is 0.336 e. The molecule has 10 heteroatoms. The standard InChI is InChI=1S/C28H29N3O6S/c1-15-23(26(32)36-5)25(24(16(2)29-15)27(33)37-6)17-8-7-9-18(12-17)30-28-31-21(14-38-28)20-13-19(34-3)10-11-22(20)35-4/h7-14,25,29H,1-6H3,(H,30,31). The second kappa shape index (κ2) is 11.4. The number of allylic oxidation sites excluding steroid dienone is 2. The van der Waals surface area contributed by atoms with Gasteiger partial charge in [-0.2, -0.15) is 0 Å². The molecule has 1 aromatic heterocycles. The number of methoxy groups -OCH3 is 4. The molecule has 198 valence electrons. The van der Waals surface area contributed by atoms with E-state index in [0.717, 1.165) is 22.5 Å². The highest BCUT2D eigenvalue weighted by atomic mass is 32.1. The van der Waals surface area contributed by atoms with E-state index in [1.165, 1.54) is 25.6 Å². The highest BCUT2D eigenvalue weighted by Crippen LogP contribution is 2.40. The summed E-state index contributed by atoms with van der Waals surface area (Å²) in [6.45, 7) is 3.56. The molecule has 0 saturated heterocycles. The van der Waals surface area contributed by atoms with Gasteiger partial charge in [0.05, 0.1) is 51.2 Å². The molecule has 3 aromatic rings. The summed E-state index contributed by atoms with van der Waals surface area (Å²) in [5, 5.41) is 9.04. The Kier molecular flexibility index (Phi) is 8.02. The number of rotatable bonds is 8. The number of hydrogen-bond donors (Lipinski definition) is 2. The van der Waals surface area contributed by atoms with E-state index in [2.05, 4.69) is 10.6 Å². The molecule has 0 unspecified atom stereocenters. The zero-order valence-electron chi connectivity index (χ0n) is 22.0. The van der Waals surface area contributed by atoms with Gasteiger partial charge >= 0.3 is 11.9 Å².